The Morgan fingerprint density at radius 1 is 1.67 bits per heavy atom. The van der Waals surface area contributed by atoms with Crippen LogP contribution in [0.25, 0.3) is 0 Å². The van der Waals surface area contributed by atoms with Crippen molar-refractivity contribution >= 4 is 0 Å². The largest absolute Gasteiger partial charge is 0.395 e. The summed E-state index contributed by atoms with van der Waals surface area (Å²) in [6.07, 6.45) is 1.01. The highest BCUT2D eigenvalue weighted by atomic mass is 16.3. The molecule has 0 unspecified atom stereocenters. The fourth-order valence-electron chi connectivity index (χ4n) is 0.469. The van der Waals surface area contributed by atoms with Crippen molar-refractivity contribution < 1.29 is 5.11 Å². The maximum atomic E-state index is 8.36. The number of hydrogen-bond donors (Lipinski definition) is 2. The van der Waals surface area contributed by atoms with Gasteiger partial charge in [-0.1, -0.05) is 19.1 Å². The first-order valence-corrected chi connectivity index (χ1v) is 3.29. The lowest BCUT2D eigenvalue weighted by molar-refractivity contribution is 0.294. The van der Waals surface area contributed by atoms with Gasteiger partial charge < -0.3 is 10.4 Å². The topological polar surface area (TPSA) is 32.3 Å². The Balaban J connectivity index is 2.97. The van der Waals surface area contributed by atoms with Gasteiger partial charge in [0.05, 0.1) is 6.61 Å². The first-order valence-electron chi connectivity index (χ1n) is 3.29. The molecule has 9 heavy (non-hydrogen) atoms. The third kappa shape index (κ3) is 5.53. The highest BCUT2D eigenvalue weighted by Gasteiger charge is 1.87. The number of aliphatic hydroxyl groups is 1. The second kappa shape index (κ2) is 5.79. The van der Waals surface area contributed by atoms with E-state index in [9.17, 15) is 0 Å². The molecular weight excluding hydrogens is 114 g/mol. The average molecular weight is 129 g/mol. The molecule has 2 heteroatoms. The lowest BCUT2D eigenvalue weighted by Crippen LogP contribution is -2.20. The number of hydrogen-bond acceptors (Lipinski definition) is 2. The molecule has 0 rings (SSSR count). The first-order chi connectivity index (χ1) is 4.31. The quantitative estimate of drug-likeness (QED) is 0.419. The van der Waals surface area contributed by atoms with Crippen LogP contribution in [0.1, 0.15) is 13.3 Å². The van der Waals surface area contributed by atoms with Gasteiger partial charge in [-0.15, -0.1) is 0 Å². The minimum Gasteiger partial charge on any atom is -0.395 e. The highest BCUT2D eigenvalue weighted by Crippen LogP contribution is 1.91. The predicted octanol–water partition coefficient (Wildman–Crippen LogP) is 0.534. The summed E-state index contributed by atoms with van der Waals surface area (Å²) in [5.41, 5.74) is 1.18. The van der Waals surface area contributed by atoms with Gasteiger partial charge >= 0.3 is 0 Å². The molecule has 0 amide bonds. The summed E-state index contributed by atoms with van der Waals surface area (Å²) in [5.74, 6) is 0. The smallest absolute Gasteiger partial charge is 0.0556 e. The lowest BCUT2D eigenvalue weighted by Gasteiger charge is -2.01. The van der Waals surface area contributed by atoms with Crippen LogP contribution < -0.4 is 5.32 Å². The third-order valence-electron chi connectivity index (χ3n) is 1.16. The molecular formula is C7H15NO. The molecule has 0 aromatic carbocycles. The van der Waals surface area contributed by atoms with Crippen molar-refractivity contribution in [3.8, 4) is 0 Å². The number of aliphatic hydroxyl groups excluding tert-OH is 1. The van der Waals surface area contributed by atoms with Crippen molar-refractivity contribution in [2.45, 2.75) is 13.3 Å². The molecule has 2 N–H and O–H groups in total. The summed E-state index contributed by atoms with van der Waals surface area (Å²) < 4.78 is 0. The maximum absolute atomic E-state index is 8.36. The van der Waals surface area contributed by atoms with Gasteiger partial charge in [0.1, 0.15) is 0 Å². The van der Waals surface area contributed by atoms with E-state index in [0.717, 1.165) is 13.0 Å². The van der Waals surface area contributed by atoms with Crippen LogP contribution in [0, 0.1) is 0 Å². The van der Waals surface area contributed by atoms with E-state index in [1.165, 1.54) is 5.57 Å². The van der Waals surface area contributed by atoms with E-state index in [4.69, 9.17) is 5.11 Å². The molecule has 0 saturated carbocycles. The Labute approximate surface area is 56.6 Å². The van der Waals surface area contributed by atoms with Crippen LogP contribution in [0.2, 0.25) is 0 Å². The van der Waals surface area contributed by atoms with Gasteiger partial charge in [0.25, 0.3) is 0 Å². The van der Waals surface area contributed by atoms with E-state index >= 15 is 0 Å². The Morgan fingerprint density at radius 3 is 2.78 bits per heavy atom. The predicted molar refractivity (Wildman–Crippen MR) is 39.4 cm³/mol. The molecule has 0 heterocycles. The molecule has 0 aromatic rings. The van der Waals surface area contributed by atoms with E-state index in [1.807, 2.05) is 0 Å². The Kier molecular flexibility index (Phi) is 5.57. The van der Waals surface area contributed by atoms with Crippen molar-refractivity contribution in [1.82, 2.24) is 5.32 Å². The second-order valence-corrected chi connectivity index (χ2v) is 2.00. The summed E-state index contributed by atoms with van der Waals surface area (Å²) >= 11 is 0. The maximum Gasteiger partial charge on any atom is 0.0556 e. The molecule has 0 aliphatic heterocycles. The molecule has 2 nitrogen and oxygen atoms in total. The normalized spacial score (nSPS) is 9.56. The van der Waals surface area contributed by atoms with E-state index in [-0.39, 0.29) is 6.61 Å². The molecule has 0 radical (unpaired) electrons. The monoisotopic (exact) mass is 129 g/mol. The molecule has 0 atom stereocenters. The van der Waals surface area contributed by atoms with Crippen LogP contribution in [-0.4, -0.2) is 24.8 Å². The standard InChI is InChI=1S/C7H15NO/c1-3-7(2)6-8-4-5-9/h8-9H,2-6H2,1H3. The zero-order chi connectivity index (χ0) is 7.11. The Bertz CT molecular complexity index is 81.0. The molecule has 0 aliphatic rings. The van der Waals surface area contributed by atoms with Crippen molar-refractivity contribution in [2.75, 3.05) is 19.7 Å². The summed E-state index contributed by atoms with van der Waals surface area (Å²) in [4.78, 5) is 0. The molecule has 0 fully saturated rings. The van der Waals surface area contributed by atoms with Crippen LogP contribution >= 0.6 is 0 Å². The lowest BCUT2D eigenvalue weighted by atomic mass is 10.2. The zero-order valence-corrected chi connectivity index (χ0v) is 5.98. The third-order valence-corrected chi connectivity index (χ3v) is 1.16. The van der Waals surface area contributed by atoms with Crippen LogP contribution in [0.4, 0.5) is 0 Å². The summed E-state index contributed by atoms with van der Waals surface area (Å²) in [5, 5.41) is 11.4. The molecule has 54 valence electrons. The van der Waals surface area contributed by atoms with E-state index in [0.29, 0.717) is 6.54 Å². The number of nitrogens with one attached hydrogen (secondary N) is 1. The van der Waals surface area contributed by atoms with Gasteiger partial charge in [0.15, 0.2) is 0 Å². The van der Waals surface area contributed by atoms with Gasteiger partial charge in [-0.3, -0.25) is 0 Å². The Morgan fingerprint density at radius 2 is 2.33 bits per heavy atom. The van der Waals surface area contributed by atoms with Crippen molar-refractivity contribution in [2.24, 2.45) is 0 Å². The van der Waals surface area contributed by atoms with E-state index in [1.54, 1.807) is 0 Å². The molecule has 0 spiro atoms. The van der Waals surface area contributed by atoms with Gasteiger partial charge in [-0.05, 0) is 6.42 Å². The van der Waals surface area contributed by atoms with Crippen molar-refractivity contribution in [1.29, 1.82) is 0 Å². The van der Waals surface area contributed by atoms with Crippen LogP contribution in [0.3, 0.4) is 0 Å². The molecule has 0 aromatic heterocycles. The van der Waals surface area contributed by atoms with Gasteiger partial charge in [-0.25, -0.2) is 0 Å². The van der Waals surface area contributed by atoms with Crippen LogP contribution in [-0.2, 0) is 0 Å². The van der Waals surface area contributed by atoms with Crippen LogP contribution in [0.5, 0.6) is 0 Å². The summed E-state index contributed by atoms with van der Waals surface area (Å²) in [7, 11) is 0. The van der Waals surface area contributed by atoms with Gasteiger partial charge in [-0.2, -0.15) is 0 Å². The first kappa shape index (κ1) is 8.66. The minimum atomic E-state index is 0.205. The van der Waals surface area contributed by atoms with Gasteiger partial charge in [0.2, 0.25) is 0 Å². The average Bonchev–Trinajstić information content (AvgIpc) is 1.89. The van der Waals surface area contributed by atoms with Crippen LogP contribution in [0.15, 0.2) is 12.2 Å². The molecule has 0 saturated heterocycles. The van der Waals surface area contributed by atoms with E-state index < -0.39 is 0 Å². The molecule has 0 bridgehead atoms. The fraction of sp³-hybridized carbons (Fsp3) is 0.714. The van der Waals surface area contributed by atoms with Gasteiger partial charge in [0, 0.05) is 13.1 Å². The SMILES string of the molecule is C=C(CC)CNCCO. The Hall–Kier alpha value is -0.340. The molecule has 0 aliphatic carbocycles. The van der Waals surface area contributed by atoms with Crippen molar-refractivity contribution in [3.63, 3.8) is 0 Å². The van der Waals surface area contributed by atoms with Crippen molar-refractivity contribution in [3.05, 3.63) is 12.2 Å². The number of rotatable bonds is 5. The summed E-state index contributed by atoms with van der Waals surface area (Å²) in [6.45, 7) is 7.57. The fourth-order valence-corrected chi connectivity index (χ4v) is 0.469. The highest BCUT2D eigenvalue weighted by molar-refractivity contribution is 4.94. The second-order valence-electron chi connectivity index (χ2n) is 2.00. The summed E-state index contributed by atoms with van der Waals surface area (Å²) in [6, 6.07) is 0. The zero-order valence-electron chi connectivity index (χ0n) is 5.98. The van der Waals surface area contributed by atoms with E-state index in [2.05, 4.69) is 18.8 Å². The minimum absolute atomic E-state index is 0.205.